The number of hydrogen-bond acceptors (Lipinski definition) is 23. The van der Waals surface area contributed by atoms with E-state index < -0.39 is 119 Å². The Morgan fingerprint density at radius 1 is 0.826 bits per heavy atom. The number of aryl methyl sites for hydroxylation is 1. The third-order valence-electron chi connectivity index (χ3n) is 17.2. The molecule has 18 atom stereocenters. The van der Waals surface area contributed by atoms with Gasteiger partial charge >= 0.3 is 17.9 Å². The highest BCUT2D eigenvalue weighted by Crippen LogP contribution is 2.43. The number of carboxylic acid groups (broad SMARTS) is 1. The van der Waals surface area contributed by atoms with Crippen LogP contribution < -0.4 is 10.2 Å². The van der Waals surface area contributed by atoms with Crippen LogP contribution in [0, 0.1) is 23.7 Å². The first-order valence-corrected chi connectivity index (χ1v) is 29.9. The Bertz CT molecular complexity index is 2570. The lowest BCUT2D eigenvalue weighted by Gasteiger charge is -2.50. The molecule has 3 aliphatic rings. The van der Waals surface area contributed by atoms with Crippen molar-refractivity contribution < 1.29 is 101 Å². The summed E-state index contributed by atoms with van der Waals surface area (Å²) >= 11 is 0. The van der Waals surface area contributed by atoms with Crippen LogP contribution in [-0.4, -0.2) is 226 Å². The minimum Gasteiger partial charge on any atom is -0.491 e. The molecule has 25 heteroatoms. The molecule has 0 aliphatic carbocycles. The average Bonchev–Trinajstić information content (AvgIpc) is 1.05. The fourth-order valence-electron chi connectivity index (χ4n) is 12.1. The highest BCUT2D eigenvalue weighted by atomic mass is 16.7. The van der Waals surface area contributed by atoms with Crippen LogP contribution in [0.4, 0.5) is 0 Å². The molecule has 1 aromatic carbocycles. The molecule has 4 heterocycles. The number of methoxy groups -OCH3 is 3. The number of hydrogen-bond donors (Lipinski definition) is 4. The molecule has 0 radical (unpaired) electrons. The van der Waals surface area contributed by atoms with Crippen LogP contribution in [-0.2, 0) is 77.8 Å². The zero-order valence-corrected chi connectivity index (χ0v) is 53.3. The van der Waals surface area contributed by atoms with Gasteiger partial charge in [0.25, 0.3) is 0 Å². The molecule has 25 nitrogen and oxygen atoms in total. The first kappa shape index (κ1) is 72.3. The molecule has 0 saturated carbocycles. The summed E-state index contributed by atoms with van der Waals surface area (Å²) in [6.45, 7) is 20.8. The predicted molar refractivity (Wildman–Crippen MR) is 314 cm³/mol. The van der Waals surface area contributed by atoms with E-state index in [2.05, 4.69) is 5.16 Å². The number of aliphatic hydroxyl groups is 3. The Hall–Kier alpha value is -4.45. The number of likely N-dealkylation sites (N-methyl/N-ethyl adjacent to an activating group) is 1. The number of esters is 2. The number of ether oxygens (including phenoxy) is 13. The number of fused-ring (bicyclic) bond motifs is 1. The van der Waals surface area contributed by atoms with E-state index >= 15 is 0 Å². The zero-order chi connectivity index (χ0) is 63.8. The van der Waals surface area contributed by atoms with Crippen molar-refractivity contribution in [3.63, 3.8) is 0 Å². The van der Waals surface area contributed by atoms with E-state index in [0.29, 0.717) is 36.6 Å². The average molecular weight is 1230 g/mol. The summed E-state index contributed by atoms with van der Waals surface area (Å²) in [6, 6.07) is 4.59. The molecule has 0 unspecified atom stereocenters. The monoisotopic (exact) mass is 1230 g/mol. The molecule has 1 aromatic heterocycles. The van der Waals surface area contributed by atoms with Crippen molar-refractivity contribution in [2.75, 3.05) is 88.5 Å². The van der Waals surface area contributed by atoms with Crippen LogP contribution in [0.3, 0.4) is 0 Å². The van der Waals surface area contributed by atoms with E-state index in [9.17, 15) is 39.6 Å². The molecule has 3 aliphatic heterocycles. The normalized spacial score (nSPS) is 34.6. The Labute approximate surface area is 506 Å². The van der Waals surface area contributed by atoms with Gasteiger partial charge in [0.05, 0.1) is 105 Å². The summed E-state index contributed by atoms with van der Waals surface area (Å²) in [7, 11) is 8.32. The van der Waals surface area contributed by atoms with Gasteiger partial charge in [-0.2, -0.15) is 0 Å². The molecule has 5 rings (SSSR count). The SMILES string of the molecule is CC[C@H]1OC(=O)[C@H](C)[C@@H](O[C@H]2C[C@@](C)(OC)[C@@H](OC(=O)CCOCCOCCOc3ccc4c(c3)c(=O)c(C(=O)O)cn4CC)[C@H](C)O2)[C@H](C)[C@@H](O[C@H]2O[C@@H](C)C[C@@H](N(C)C)[C@@H]2O)[C@](C)(OC)C[C@@H](C)/C(=N\OCOCCOC)[C@H](C)[C@@H](O)[C@]1(C)O. The fraction of sp³-hybridized carbons (Fsp3) is 0.787. The second-order valence-corrected chi connectivity index (χ2v) is 23.8. The number of oxime groups is 1. The summed E-state index contributed by atoms with van der Waals surface area (Å²) in [4.78, 5) is 60.4. The van der Waals surface area contributed by atoms with E-state index in [-0.39, 0.29) is 95.2 Å². The standard InChI is InChI=1S/C61H99N3O22/c1-17-46-61(11,72)53(68)37(5)49(62-80-34-78-24-23-73-14)35(3)31-59(9,74-15)54(86-58-51(67)45(63(12)13)29-36(4)81-58)38(6)52(39(7)57(71)83-46)85-48-32-60(10,75-16)55(40(8)82-48)84-47(65)21-22-76-25-26-77-27-28-79-41-19-20-44-42(30-41)50(66)43(56(69)70)33-64(44)18-2/h19-20,30,33,35-40,45-46,48,51-55,58,67-68,72H,17-18,21-29,31-32,34H2,1-16H3,(H,69,70)/b62-49+/t35-,36+,37+,38+,39-,40+,45-,46-,48+,51+,52+,53-,54-,55+,58-,59-,60-,61-/m1/s1. The number of carbonyl (C=O) groups excluding carboxylic acids is 2. The van der Waals surface area contributed by atoms with Crippen LogP contribution in [0.1, 0.15) is 119 Å². The van der Waals surface area contributed by atoms with E-state index in [1.165, 1.54) is 33.4 Å². The van der Waals surface area contributed by atoms with Crippen molar-refractivity contribution in [1.29, 1.82) is 0 Å². The van der Waals surface area contributed by atoms with Gasteiger partial charge in [-0.1, -0.05) is 32.9 Å². The third-order valence-corrected chi connectivity index (χ3v) is 17.2. The Kier molecular flexibility index (Phi) is 27.6. The lowest BCUT2D eigenvalue weighted by Crippen LogP contribution is -2.61. The lowest BCUT2D eigenvalue weighted by atomic mass is 9.73. The summed E-state index contributed by atoms with van der Waals surface area (Å²) < 4.78 is 81.4. The highest BCUT2D eigenvalue weighted by molar-refractivity contribution is 5.93. The maximum absolute atomic E-state index is 14.8. The van der Waals surface area contributed by atoms with Gasteiger partial charge in [-0.25, -0.2) is 4.79 Å². The Morgan fingerprint density at radius 2 is 1.48 bits per heavy atom. The van der Waals surface area contributed by atoms with Crippen LogP contribution in [0.2, 0.25) is 0 Å². The maximum Gasteiger partial charge on any atom is 0.341 e. The molecule has 0 spiro atoms. The van der Waals surface area contributed by atoms with E-state index in [4.69, 9.17) is 66.4 Å². The second kappa shape index (κ2) is 32.9. The number of benzene rings is 1. The molecule has 0 bridgehead atoms. The van der Waals surface area contributed by atoms with Gasteiger partial charge < -0.3 is 96.3 Å². The highest BCUT2D eigenvalue weighted by Gasteiger charge is 2.55. The number of aliphatic hydroxyl groups excluding tert-OH is 2. The van der Waals surface area contributed by atoms with Crippen LogP contribution in [0.25, 0.3) is 10.9 Å². The van der Waals surface area contributed by atoms with E-state index in [1.54, 1.807) is 58.4 Å². The predicted octanol–water partition coefficient (Wildman–Crippen LogP) is 4.95. The number of aromatic carboxylic acids is 1. The van der Waals surface area contributed by atoms with Crippen molar-refractivity contribution in [2.45, 2.75) is 199 Å². The molecule has 3 saturated heterocycles. The van der Waals surface area contributed by atoms with Gasteiger partial charge in [0.1, 0.15) is 41.3 Å². The number of pyridine rings is 1. The van der Waals surface area contributed by atoms with Gasteiger partial charge in [-0.3, -0.25) is 14.4 Å². The molecule has 4 N–H and O–H groups in total. The minimum atomic E-state index is -2.01. The van der Waals surface area contributed by atoms with Crippen molar-refractivity contribution in [3.8, 4) is 5.75 Å². The third kappa shape index (κ3) is 18.1. The quantitative estimate of drug-likeness (QED) is 0.0398. The largest absolute Gasteiger partial charge is 0.491 e. The molecular weight excluding hydrogens is 1130 g/mol. The van der Waals surface area contributed by atoms with Crippen molar-refractivity contribution in [1.82, 2.24) is 9.47 Å². The van der Waals surface area contributed by atoms with E-state index in [0.717, 1.165) is 0 Å². The Balaban J connectivity index is 1.33. The lowest BCUT2D eigenvalue weighted by molar-refractivity contribution is -0.320. The minimum absolute atomic E-state index is 0.0152. The topological polar surface area (TPSA) is 299 Å². The van der Waals surface area contributed by atoms with Gasteiger partial charge in [0.15, 0.2) is 18.7 Å². The molecule has 2 aromatic rings. The first-order valence-electron chi connectivity index (χ1n) is 29.9. The van der Waals surface area contributed by atoms with Crippen LogP contribution in [0.5, 0.6) is 5.75 Å². The van der Waals surface area contributed by atoms with Crippen LogP contribution in [0.15, 0.2) is 34.3 Å². The second-order valence-electron chi connectivity index (χ2n) is 23.8. The van der Waals surface area contributed by atoms with Gasteiger partial charge in [0.2, 0.25) is 12.2 Å². The van der Waals surface area contributed by atoms with Crippen LogP contribution >= 0.6 is 0 Å². The fourth-order valence-corrected chi connectivity index (χ4v) is 12.1. The summed E-state index contributed by atoms with van der Waals surface area (Å²) in [5.41, 5.74) is -4.49. The number of rotatable bonds is 27. The van der Waals surface area contributed by atoms with Crippen molar-refractivity contribution >= 4 is 34.5 Å². The van der Waals surface area contributed by atoms with Gasteiger partial charge in [0, 0.05) is 64.3 Å². The number of carboxylic acids is 1. The molecule has 0 amide bonds. The van der Waals surface area contributed by atoms with E-state index in [1.807, 2.05) is 53.6 Å². The number of nitrogens with zero attached hydrogens (tertiary/aromatic N) is 3. The smallest absolute Gasteiger partial charge is 0.341 e. The first-order chi connectivity index (χ1) is 40.6. The molecule has 490 valence electrons. The maximum atomic E-state index is 14.8. The number of carbonyl (C=O) groups is 3. The van der Waals surface area contributed by atoms with Crippen molar-refractivity contribution in [3.05, 3.63) is 40.2 Å². The summed E-state index contributed by atoms with van der Waals surface area (Å²) in [5, 5.41) is 50.6. The summed E-state index contributed by atoms with van der Waals surface area (Å²) in [6.07, 6.45) is -8.32. The summed E-state index contributed by atoms with van der Waals surface area (Å²) in [5.74, 6) is -5.59. The molecular formula is C61H99N3O22. The van der Waals surface area contributed by atoms with Crippen molar-refractivity contribution in [2.24, 2.45) is 28.8 Å². The van der Waals surface area contributed by atoms with Gasteiger partial charge in [-0.05, 0) is 100 Å². The zero-order valence-electron chi connectivity index (χ0n) is 53.3. The van der Waals surface area contributed by atoms with Gasteiger partial charge in [-0.15, -0.1) is 0 Å². The Morgan fingerprint density at radius 3 is 2.10 bits per heavy atom. The number of aromatic nitrogens is 1. The molecule has 86 heavy (non-hydrogen) atoms. The molecule has 3 fully saturated rings. The number of cyclic esters (lactones) is 1.